The number of hydrogen-bond acceptors (Lipinski definition) is 6. The number of carbonyl (C=O) groups is 4. The Morgan fingerprint density at radius 3 is 1.42 bits per heavy atom. The van der Waals surface area contributed by atoms with E-state index in [2.05, 4.69) is 0 Å². The van der Waals surface area contributed by atoms with Gasteiger partial charge in [-0.05, 0) is 12.1 Å². The summed E-state index contributed by atoms with van der Waals surface area (Å²) in [5, 5.41) is 51.1. The molecule has 13 heteroatoms. The van der Waals surface area contributed by atoms with Crippen molar-refractivity contribution >= 4 is 113 Å². The fourth-order valence-electron chi connectivity index (χ4n) is 1.37. The van der Waals surface area contributed by atoms with Crippen LogP contribution in [0.5, 0.6) is 5.75 Å². The molecule has 0 fully saturated rings. The zero-order valence-corrected chi connectivity index (χ0v) is 11.5. The molecule has 0 aliphatic carbocycles. The van der Waals surface area contributed by atoms with Crippen LogP contribution in [-0.2, 0) is 14.4 Å². The van der Waals surface area contributed by atoms with E-state index in [1.54, 1.807) is 12.1 Å². The molecule has 6 N–H and O–H groups in total. The van der Waals surface area contributed by atoms with Crippen molar-refractivity contribution in [3.8, 4) is 5.75 Å². The Labute approximate surface area is 214 Å². The first-order valence-electron chi connectivity index (χ1n) is 5.90. The number of aliphatic hydroxyl groups is 1. The summed E-state index contributed by atoms with van der Waals surface area (Å²) in [6.07, 6.45) is -2.29. The number of carboxylic acid groups (broad SMARTS) is 4. The van der Waals surface area contributed by atoms with Gasteiger partial charge in [0, 0.05) is 0 Å². The Balaban J connectivity index is -0.000000170. The first kappa shape index (κ1) is 33.4. The molecule has 0 radical (unpaired) electrons. The second-order valence-corrected chi connectivity index (χ2v) is 4.30. The summed E-state index contributed by atoms with van der Waals surface area (Å²) in [6.45, 7) is 0. The van der Waals surface area contributed by atoms with Crippen molar-refractivity contribution < 1.29 is 49.8 Å². The van der Waals surface area contributed by atoms with E-state index < -0.39 is 42.3 Å². The van der Waals surface area contributed by atoms with Crippen LogP contribution in [0.25, 0.3) is 0 Å². The van der Waals surface area contributed by atoms with E-state index in [9.17, 15) is 19.2 Å². The van der Waals surface area contributed by atoms with E-state index in [0.717, 1.165) is 0 Å². The number of hydrogen-bond donors (Lipinski definition) is 6. The molecular formula is C13H17Na3O10. The molecule has 0 aliphatic heterocycles. The molecule has 0 bridgehead atoms. The van der Waals surface area contributed by atoms with Crippen molar-refractivity contribution in [2.75, 3.05) is 0 Å². The number of para-hydroxylation sites is 1. The van der Waals surface area contributed by atoms with E-state index in [-0.39, 0.29) is 100.0 Å². The molecule has 1 aromatic carbocycles. The maximum atomic E-state index is 10.3. The van der Waals surface area contributed by atoms with E-state index in [4.69, 9.17) is 30.6 Å². The Bertz CT molecular complexity index is 604. The monoisotopic (exact) mass is 402 g/mol. The number of aromatic carboxylic acids is 1. The third-order valence-corrected chi connectivity index (χ3v) is 2.42. The summed E-state index contributed by atoms with van der Waals surface area (Å²) in [4.78, 5) is 40.7. The molecule has 0 saturated carbocycles. The van der Waals surface area contributed by atoms with Crippen molar-refractivity contribution in [1.29, 1.82) is 0 Å². The normalized spacial score (nSPS) is 8.96. The topological polar surface area (TPSA) is 190 Å². The van der Waals surface area contributed by atoms with Crippen LogP contribution >= 0.6 is 0 Å². The van der Waals surface area contributed by atoms with Crippen molar-refractivity contribution in [2.45, 2.75) is 18.4 Å². The standard InChI is InChI=1S/C7H6O3.C6H8O7.3Na.3H/c8-6-4-2-1-3-5(6)7(9)10;7-3(8)1-6(13,5(11)12)2-4(9)10;;;;;;/h1-4,8H,(H,9,10);13H,1-2H2,(H,7,8)(H,9,10)(H,11,12);;;;;;. The van der Waals surface area contributed by atoms with Gasteiger partial charge < -0.3 is 30.6 Å². The molecule has 132 valence electrons. The molecule has 26 heavy (non-hydrogen) atoms. The van der Waals surface area contributed by atoms with E-state index >= 15 is 0 Å². The van der Waals surface area contributed by atoms with Gasteiger partial charge in [0.2, 0.25) is 0 Å². The van der Waals surface area contributed by atoms with E-state index in [1.807, 2.05) is 0 Å². The van der Waals surface area contributed by atoms with Gasteiger partial charge in [-0.15, -0.1) is 0 Å². The summed E-state index contributed by atoms with van der Waals surface area (Å²) in [5.74, 6) is -6.33. The number of carboxylic acids is 4. The molecule has 0 atom stereocenters. The summed E-state index contributed by atoms with van der Waals surface area (Å²) in [5.41, 5.74) is -2.81. The molecule has 10 nitrogen and oxygen atoms in total. The fraction of sp³-hybridized carbons (Fsp3) is 0.231. The van der Waals surface area contributed by atoms with Gasteiger partial charge in [-0.1, -0.05) is 12.1 Å². The van der Waals surface area contributed by atoms with E-state index in [0.29, 0.717) is 0 Å². The van der Waals surface area contributed by atoms with Gasteiger partial charge in [0.1, 0.15) is 11.3 Å². The molecule has 0 amide bonds. The predicted molar refractivity (Wildman–Crippen MR) is 93.6 cm³/mol. The number of aromatic hydroxyl groups is 1. The van der Waals surface area contributed by atoms with Crippen LogP contribution in [0, 0.1) is 0 Å². The van der Waals surface area contributed by atoms with Crippen LogP contribution in [0.2, 0.25) is 0 Å². The van der Waals surface area contributed by atoms with Crippen LogP contribution in [-0.4, -0.2) is 149 Å². The minimum atomic E-state index is -2.74. The van der Waals surface area contributed by atoms with E-state index in [1.165, 1.54) is 12.1 Å². The van der Waals surface area contributed by atoms with Crippen molar-refractivity contribution in [1.82, 2.24) is 0 Å². The van der Waals surface area contributed by atoms with Crippen LogP contribution in [0.3, 0.4) is 0 Å². The number of aliphatic carboxylic acids is 3. The third-order valence-electron chi connectivity index (χ3n) is 2.42. The number of rotatable bonds is 6. The van der Waals surface area contributed by atoms with Gasteiger partial charge >= 0.3 is 113 Å². The average molecular weight is 402 g/mol. The van der Waals surface area contributed by atoms with Crippen LogP contribution in [0.4, 0.5) is 0 Å². The first-order chi connectivity index (χ1) is 10.5. The molecule has 0 spiro atoms. The zero-order chi connectivity index (χ0) is 18.2. The van der Waals surface area contributed by atoms with Crippen molar-refractivity contribution in [3.63, 3.8) is 0 Å². The minimum absolute atomic E-state index is 0. The summed E-state index contributed by atoms with van der Waals surface area (Å²) in [6, 6.07) is 5.81. The zero-order valence-electron chi connectivity index (χ0n) is 11.5. The molecule has 1 rings (SSSR count). The Morgan fingerprint density at radius 2 is 1.19 bits per heavy atom. The Morgan fingerprint density at radius 1 is 0.808 bits per heavy atom. The molecule has 0 saturated heterocycles. The summed E-state index contributed by atoms with van der Waals surface area (Å²) >= 11 is 0. The third kappa shape index (κ3) is 13.1. The summed E-state index contributed by atoms with van der Waals surface area (Å²) in [7, 11) is 0. The van der Waals surface area contributed by atoms with Gasteiger partial charge in [0.25, 0.3) is 0 Å². The van der Waals surface area contributed by atoms with Crippen molar-refractivity contribution in [3.05, 3.63) is 29.8 Å². The van der Waals surface area contributed by atoms with Crippen LogP contribution < -0.4 is 0 Å². The van der Waals surface area contributed by atoms with Gasteiger partial charge in [-0.25, -0.2) is 9.59 Å². The van der Waals surface area contributed by atoms with Gasteiger partial charge in [-0.3, -0.25) is 9.59 Å². The first-order valence-corrected chi connectivity index (χ1v) is 5.90. The molecule has 0 unspecified atom stereocenters. The van der Waals surface area contributed by atoms with Crippen LogP contribution in [0.1, 0.15) is 23.2 Å². The second-order valence-electron chi connectivity index (χ2n) is 4.30. The quantitative estimate of drug-likeness (QED) is 0.287. The van der Waals surface area contributed by atoms with Gasteiger partial charge in [0.05, 0.1) is 12.8 Å². The average Bonchev–Trinajstić information content (AvgIpc) is 2.37. The predicted octanol–water partition coefficient (Wildman–Crippen LogP) is -2.10. The van der Waals surface area contributed by atoms with Gasteiger partial charge in [0.15, 0.2) is 5.60 Å². The molecular weight excluding hydrogens is 385 g/mol. The van der Waals surface area contributed by atoms with Gasteiger partial charge in [-0.2, -0.15) is 0 Å². The SMILES string of the molecule is O=C(O)CC(O)(CC(=O)O)C(=O)O.O=C(O)c1ccccc1O.[NaH].[NaH].[NaH]. The molecule has 1 aromatic rings. The Kier molecular flexibility index (Phi) is 20.4. The molecule has 0 aromatic heterocycles. The Hall–Kier alpha value is -0.140. The molecule has 0 heterocycles. The van der Waals surface area contributed by atoms with Crippen molar-refractivity contribution in [2.24, 2.45) is 0 Å². The van der Waals surface area contributed by atoms with Crippen LogP contribution in [0.15, 0.2) is 24.3 Å². The fourth-order valence-corrected chi connectivity index (χ4v) is 1.37. The summed E-state index contributed by atoms with van der Waals surface area (Å²) < 4.78 is 0. The number of phenols is 1. The second kappa shape index (κ2) is 15.9. The molecule has 0 aliphatic rings. The maximum absolute atomic E-state index is 10.3. The number of benzene rings is 1.